The Morgan fingerprint density at radius 3 is 2.68 bits per heavy atom. The minimum atomic E-state index is -0.217. The van der Waals surface area contributed by atoms with Gasteiger partial charge in [-0.05, 0) is 38.5 Å². The third-order valence-electron chi connectivity index (χ3n) is 4.15. The number of hydrogen-bond donors (Lipinski definition) is 0. The number of benzene rings is 1. The molecule has 2 rings (SSSR count). The number of amides is 1. The number of carbonyl (C=O) groups is 1. The molecule has 1 heterocycles. The molecule has 0 saturated carbocycles. The first-order valence-corrected chi connectivity index (χ1v) is 7.97. The highest BCUT2D eigenvalue weighted by molar-refractivity contribution is 5.68. The monoisotopic (exact) mass is 302 g/mol. The number of ether oxygens (including phenoxy) is 1. The molecule has 1 aliphatic heterocycles. The summed E-state index contributed by atoms with van der Waals surface area (Å²) < 4.78 is 5.47. The topological polar surface area (TPSA) is 32.8 Å². The standard InChI is InChI=1S/C18H26N2O2/c1-3-12-20(17-9-13-19(2)14-10-17)18(21)22-15-11-16-7-5-4-6-8-16/h3-8,17H,1,9-15H2,2H3. The first kappa shape index (κ1) is 16.6. The van der Waals surface area contributed by atoms with E-state index in [0.717, 1.165) is 32.4 Å². The Kier molecular flexibility index (Phi) is 6.46. The van der Waals surface area contributed by atoms with E-state index in [2.05, 4.69) is 18.5 Å². The van der Waals surface area contributed by atoms with Crippen LogP contribution in [0.1, 0.15) is 18.4 Å². The summed E-state index contributed by atoms with van der Waals surface area (Å²) in [6.07, 6.45) is 4.31. The summed E-state index contributed by atoms with van der Waals surface area (Å²) in [6.45, 7) is 6.78. The second-order valence-electron chi connectivity index (χ2n) is 5.83. The smallest absolute Gasteiger partial charge is 0.410 e. The molecule has 0 spiro atoms. The summed E-state index contributed by atoms with van der Waals surface area (Å²) in [6, 6.07) is 10.3. The third kappa shape index (κ3) is 4.88. The first-order valence-electron chi connectivity index (χ1n) is 7.97. The lowest BCUT2D eigenvalue weighted by molar-refractivity contribution is 0.0747. The zero-order chi connectivity index (χ0) is 15.8. The Bertz CT molecular complexity index is 467. The third-order valence-corrected chi connectivity index (χ3v) is 4.15. The number of hydrogen-bond acceptors (Lipinski definition) is 3. The van der Waals surface area contributed by atoms with Crippen LogP contribution in [0.3, 0.4) is 0 Å². The van der Waals surface area contributed by atoms with E-state index in [0.29, 0.717) is 13.2 Å². The molecular weight excluding hydrogens is 276 g/mol. The highest BCUT2D eigenvalue weighted by atomic mass is 16.6. The van der Waals surface area contributed by atoms with Gasteiger partial charge in [-0.1, -0.05) is 36.4 Å². The number of nitrogens with zero attached hydrogens (tertiary/aromatic N) is 2. The van der Waals surface area contributed by atoms with Gasteiger partial charge in [-0.2, -0.15) is 0 Å². The van der Waals surface area contributed by atoms with E-state index in [1.165, 1.54) is 5.56 Å². The van der Waals surface area contributed by atoms with Gasteiger partial charge in [0.15, 0.2) is 0 Å². The number of piperidine rings is 1. The number of carbonyl (C=O) groups excluding carboxylic acids is 1. The van der Waals surface area contributed by atoms with Crippen LogP contribution in [0.15, 0.2) is 43.0 Å². The summed E-state index contributed by atoms with van der Waals surface area (Å²) in [5.41, 5.74) is 1.19. The van der Waals surface area contributed by atoms with Gasteiger partial charge in [-0.15, -0.1) is 6.58 Å². The van der Waals surface area contributed by atoms with Crippen molar-refractivity contribution in [2.45, 2.75) is 25.3 Å². The van der Waals surface area contributed by atoms with E-state index in [-0.39, 0.29) is 12.1 Å². The van der Waals surface area contributed by atoms with Gasteiger partial charge < -0.3 is 14.5 Å². The molecule has 1 saturated heterocycles. The minimum Gasteiger partial charge on any atom is -0.449 e. The molecule has 0 aliphatic carbocycles. The van der Waals surface area contributed by atoms with Gasteiger partial charge in [0.2, 0.25) is 0 Å². The quantitative estimate of drug-likeness (QED) is 0.757. The predicted octanol–water partition coefficient (Wildman–Crippen LogP) is 2.95. The van der Waals surface area contributed by atoms with Crippen LogP contribution in [0.25, 0.3) is 0 Å². The summed E-state index contributed by atoms with van der Waals surface area (Å²) in [5, 5.41) is 0. The van der Waals surface area contributed by atoms with Crippen molar-refractivity contribution in [2.75, 3.05) is 33.3 Å². The fraction of sp³-hybridized carbons (Fsp3) is 0.500. The lowest BCUT2D eigenvalue weighted by Gasteiger charge is -2.36. The molecule has 1 fully saturated rings. The average molecular weight is 302 g/mol. The van der Waals surface area contributed by atoms with Gasteiger partial charge in [0.1, 0.15) is 0 Å². The maximum atomic E-state index is 12.3. The van der Waals surface area contributed by atoms with Crippen LogP contribution in [-0.4, -0.2) is 55.2 Å². The summed E-state index contributed by atoms with van der Waals surface area (Å²) >= 11 is 0. The van der Waals surface area contributed by atoms with Crippen LogP contribution in [0.5, 0.6) is 0 Å². The molecule has 4 nitrogen and oxygen atoms in total. The van der Waals surface area contributed by atoms with Gasteiger partial charge in [-0.3, -0.25) is 0 Å². The zero-order valence-electron chi connectivity index (χ0n) is 13.4. The Morgan fingerprint density at radius 2 is 2.05 bits per heavy atom. The second-order valence-corrected chi connectivity index (χ2v) is 5.83. The van der Waals surface area contributed by atoms with Crippen molar-refractivity contribution in [3.8, 4) is 0 Å². The molecule has 4 heteroatoms. The van der Waals surface area contributed by atoms with Crippen molar-refractivity contribution in [3.05, 3.63) is 48.6 Å². The minimum absolute atomic E-state index is 0.217. The normalized spacial score (nSPS) is 16.2. The Hall–Kier alpha value is -1.81. The van der Waals surface area contributed by atoms with E-state index in [1.807, 2.05) is 35.2 Å². The van der Waals surface area contributed by atoms with Gasteiger partial charge in [0.05, 0.1) is 6.61 Å². The summed E-state index contributed by atoms with van der Waals surface area (Å²) in [4.78, 5) is 16.5. The highest BCUT2D eigenvalue weighted by Crippen LogP contribution is 2.16. The van der Waals surface area contributed by atoms with Crippen molar-refractivity contribution in [3.63, 3.8) is 0 Å². The Labute approximate surface area is 133 Å². The van der Waals surface area contributed by atoms with Crippen molar-refractivity contribution >= 4 is 6.09 Å². The van der Waals surface area contributed by atoms with Crippen molar-refractivity contribution in [1.29, 1.82) is 0 Å². The number of likely N-dealkylation sites (tertiary alicyclic amines) is 1. The fourth-order valence-electron chi connectivity index (χ4n) is 2.80. The Morgan fingerprint density at radius 1 is 1.36 bits per heavy atom. The van der Waals surface area contributed by atoms with Crippen LogP contribution in [0.2, 0.25) is 0 Å². The molecule has 0 aromatic heterocycles. The Balaban J connectivity index is 1.82. The highest BCUT2D eigenvalue weighted by Gasteiger charge is 2.26. The van der Waals surface area contributed by atoms with Gasteiger partial charge in [-0.25, -0.2) is 4.79 Å². The van der Waals surface area contributed by atoms with E-state index in [9.17, 15) is 4.79 Å². The largest absolute Gasteiger partial charge is 0.449 e. The predicted molar refractivity (Wildman–Crippen MR) is 88.9 cm³/mol. The molecule has 120 valence electrons. The zero-order valence-corrected chi connectivity index (χ0v) is 13.4. The molecule has 1 aromatic rings. The molecule has 0 N–H and O–H groups in total. The van der Waals surface area contributed by atoms with Crippen molar-refractivity contribution in [2.24, 2.45) is 0 Å². The molecule has 0 radical (unpaired) electrons. The molecule has 1 aromatic carbocycles. The van der Waals surface area contributed by atoms with Crippen LogP contribution in [-0.2, 0) is 11.2 Å². The maximum Gasteiger partial charge on any atom is 0.410 e. The van der Waals surface area contributed by atoms with Crippen molar-refractivity contribution < 1.29 is 9.53 Å². The molecule has 1 aliphatic rings. The summed E-state index contributed by atoms with van der Waals surface area (Å²) in [7, 11) is 2.12. The van der Waals surface area contributed by atoms with E-state index in [4.69, 9.17) is 4.74 Å². The fourth-order valence-corrected chi connectivity index (χ4v) is 2.80. The molecule has 0 atom stereocenters. The summed E-state index contributed by atoms with van der Waals surface area (Å²) in [5.74, 6) is 0. The van der Waals surface area contributed by atoms with Gasteiger partial charge >= 0.3 is 6.09 Å². The number of rotatable bonds is 6. The lowest BCUT2D eigenvalue weighted by atomic mass is 10.0. The van der Waals surface area contributed by atoms with E-state index < -0.39 is 0 Å². The van der Waals surface area contributed by atoms with E-state index in [1.54, 1.807) is 6.08 Å². The molecule has 1 amide bonds. The van der Waals surface area contributed by atoms with Crippen LogP contribution < -0.4 is 0 Å². The molecular formula is C18H26N2O2. The van der Waals surface area contributed by atoms with Gasteiger partial charge in [0, 0.05) is 19.0 Å². The molecule has 0 bridgehead atoms. The lowest BCUT2D eigenvalue weighted by Crippen LogP contribution is -2.46. The molecule has 0 unspecified atom stereocenters. The van der Waals surface area contributed by atoms with Gasteiger partial charge in [0.25, 0.3) is 0 Å². The van der Waals surface area contributed by atoms with Crippen molar-refractivity contribution in [1.82, 2.24) is 9.80 Å². The maximum absolute atomic E-state index is 12.3. The van der Waals surface area contributed by atoms with Crippen LogP contribution >= 0.6 is 0 Å². The van der Waals surface area contributed by atoms with E-state index >= 15 is 0 Å². The average Bonchev–Trinajstić information content (AvgIpc) is 2.54. The SMILES string of the molecule is C=CCN(C(=O)OCCc1ccccc1)C1CCN(C)CC1. The first-order chi connectivity index (χ1) is 10.7. The van der Waals surface area contributed by atoms with Crippen LogP contribution in [0, 0.1) is 0 Å². The van der Waals surface area contributed by atoms with Crippen LogP contribution in [0.4, 0.5) is 4.79 Å². The second kappa shape index (κ2) is 8.59. The molecule has 22 heavy (non-hydrogen) atoms.